The van der Waals surface area contributed by atoms with Crippen molar-refractivity contribution in [3.8, 4) is 5.75 Å². The van der Waals surface area contributed by atoms with Crippen molar-refractivity contribution in [3.05, 3.63) is 29.8 Å². The molecule has 0 aromatic heterocycles. The van der Waals surface area contributed by atoms with Gasteiger partial charge in [0.2, 0.25) is 5.91 Å². The highest BCUT2D eigenvalue weighted by molar-refractivity contribution is 5.80. The summed E-state index contributed by atoms with van der Waals surface area (Å²) >= 11 is 0. The molecule has 1 aliphatic carbocycles. The van der Waals surface area contributed by atoms with Gasteiger partial charge in [0.25, 0.3) is 0 Å². The fraction of sp³-hybridized carbons (Fsp3) is 0.556. The molecule has 3 atom stereocenters. The maximum absolute atomic E-state index is 13.0. The number of halogens is 3. The molecule has 5 nitrogen and oxygen atoms in total. The summed E-state index contributed by atoms with van der Waals surface area (Å²) in [4.78, 5) is 23.1. The molecule has 1 saturated carbocycles. The number of para-hydroxylation sites is 1. The number of benzene rings is 1. The minimum absolute atomic E-state index is 0.0652. The Hall–Kier alpha value is -2.25. The molecular formula is C18H22F3NO4. The lowest BCUT2D eigenvalue weighted by molar-refractivity contribution is -0.142. The van der Waals surface area contributed by atoms with Gasteiger partial charge in [-0.25, -0.2) is 0 Å². The molecule has 1 unspecified atom stereocenters. The zero-order valence-corrected chi connectivity index (χ0v) is 14.4. The van der Waals surface area contributed by atoms with Crippen molar-refractivity contribution >= 4 is 11.9 Å². The number of ether oxygens (including phenoxy) is 1. The number of carbonyl (C=O) groups excluding carboxylic acids is 1. The van der Waals surface area contributed by atoms with Gasteiger partial charge in [-0.05, 0) is 37.8 Å². The fourth-order valence-corrected chi connectivity index (χ4v) is 3.06. The van der Waals surface area contributed by atoms with E-state index in [1.165, 1.54) is 18.2 Å². The van der Waals surface area contributed by atoms with Crippen LogP contribution in [-0.4, -0.2) is 29.6 Å². The number of alkyl halides is 3. The maximum atomic E-state index is 13.0. The number of carbonyl (C=O) groups is 2. The van der Waals surface area contributed by atoms with Crippen LogP contribution in [0.1, 0.15) is 38.2 Å². The summed E-state index contributed by atoms with van der Waals surface area (Å²) in [5.74, 6) is -2.34. The van der Waals surface area contributed by atoms with Crippen LogP contribution in [0.5, 0.6) is 5.75 Å². The Labute approximate surface area is 149 Å². The van der Waals surface area contributed by atoms with Gasteiger partial charge >= 0.3 is 12.1 Å². The standard InChI is InChI=1S/C18H22F3NO4/c1-2-13(26-15-6-4-3-5-14(15)18(19,20)21)10-22-16(23)11-7-8-12(9-11)17(24)25/h3-6,11-13H,2,7-10H2,1H3,(H,22,23)(H,24,25)/t11-,12+,13?/m1/s1. The summed E-state index contributed by atoms with van der Waals surface area (Å²) in [7, 11) is 0. The van der Waals surface area contributed by atoms with Crippen LogP contribution in [0.2, 0.25) is 0 Å². The molecule has 1 amide bonds. The van der Waals surface area contributed by atoms with E-state index < -0.39 is 29.7 Å². The van der Waals surface area contributed by atoms with E-state index in [0.29, 0.717) is 19.3 Å². The van der Waals surface area contributed by atoms with Crippen molar-refractivity contribution in [2.24, 2.45) is 11.8 Å². The molecule has 1 fully saturated rings. The molecular weight excluding hydrogens is 351 g/mol. The van der Waals surface area contributed by atoms with Crippen LogP contribution < -0.4 is 10.1 Å². The fourth-order valence-electron chi connectivity index (χ4n) is 3.06. The second-order valence-corrected chi connectivity index (χ2v) is 6.43. The van der Waals surface area contributed by atoms with Gasteiger partial charge in [0.15, 0.2) is 0 Å². The van der Waals surface area contributed by atoms with Crippen LogP contribution >= 0.6 is 0 Å². The second-order valence-electron chi connectivity index (χ2n) is 6.43. The number of nitrogens with one attached hydrogen (secondary N) is 1. The Balaban J connectivity index is 1.93. The van der Waals surface area contributed by atoms with Crippen LogP contribution in [0.3, 0.4) is 0 Å². The number of amides is 1. The highest BCUT2D eigenvalue weighted by Crippen LogP contribution is 2.36. The highest BCUT2D eigenvalue weighted by atomic mass is 19.4. The third-order valence-electron chi connectivity index (χ3n) is 4.60. The van der Waals surface area contributed by atoms with E-state index in [4.69, 9.17) is 9.84 Å². The third kappa shape index (κ3) is 5.12. The monoisotopic (exact) mass is 373 g/mol. The second kappa shape index (κ2) is 8.42. The van der Waals surface area contributed by atoms with Crippen molar-refractivity contribution in [2.45, 2.75) is 44.9 Å². The maximum Gasteiger partial charge on any atom is 0.419 e. The molecule has 2 N–H and O–H groups in total. The SMILES string of the molecule is CCC(CNC(=O)[C@@H]1CC[C@H](C(=O)O)C1)Oc1ccccc1C(F)(F)F. The molecule has 1 aromatic carbocycles. The van der Waals surface area contributed by atoms with Crippen LogP contribution in [0.15, 0.2) is 24.3 Å². The van der Waals surface area contributed by atoms with Crippen LogP contribution in [0.4, 0.5) is 13.2 Å². The molecule has 8 heteroatoms. The van der Waals surface area contributed by atoms with E-state index in [1.807, 2.05) is 0 Å². The number of hydrogen-bond acceptors (Lipinski definition) is 3. The van der Waals surface area contributed by atoms with E-state index in [0.717, 1.165) is 6.07 Å². The summed E-state index contributed by atoms with van der Waals surface area (Å²) in [6.07, 6.45) is -3.48. The predicted molar refractivity (Wildman–Crippen MR) is 87.6 cm³/mol. The first-order valence-electron chi connectivity index (χ1n) is 8.55. The van der Waals surface area contributed by atoms with Gasteiger partial charge in [0.05, 0.1) is 18.0 Å². The van der Waals surface area contributed by atoms with Crippen LogP contribution in [-0.2, 0) is 15.8 Å². The molecule has 0 saturated heterocycles. The Kier molecular flexibility index (Phi) is 6.50. The third-order valence-corrected chi connectivity index (χ3v) is 4.60. The molecule has 1 aromatic rings. The molecule has 0 aliphatic heterocycles. The first-order valence-corrected chi connectivity index (χ1v) is 8.55. The lowest BCUT2D eigenvalue weighted by Gasteiger charge is -2.22. The quantitative estimate of drug-likeness (QED) is 0.767. The smallest absolute Gasteiger partial charge is 0.419 e. The number of carboxylic acids is 1. The van der Waals surface area contributed by atoms with E-state index in [2.05, 4.69) is 5.32 Å². The average molecular weight is 373 g/mol. The van der Waals surface area contributed by atoms with E-state index in [9.17, 15) is 22.8 Å². The lowest BCUT2D eigenvalue weighted by atomic mass is 10.0. The number of aliphatic carboxylic acids is 1. The predicted octanol–water partition coefficient (Wildman–Crippen LogP) is 3.48. The molecule has 0 radical (unpaired) electrons. The lowest BCUT2D eigenvalue weighted by Crippen LogP contribution is -2.38. The van der Waals surface area contributed by atoms with Crippen LogP contribution in [0.25, 0.3) is 0 Å². The first kappa shape index (κ1) is 20.1. The number of hydrogen-bond donors (Lipinski definition) is 2. The summed E-state index contributed by atoms with van der Waals surface area (Å²) in [6.45, 7) is 1.82. The topological polar surface area (TPSA) is 75.6 Å². The Morgan fingerprint density at radius 2 is 1.92 bits per heavy atom. The van der Waals surface area contributed by atoms with Gasteiger partial charge < -0.3 is 15.2 Å². The summed E-state index contributed by atoms with van der Waals surface area (Å²) in [5, 5.41) is 11.7. The summed E-state index contributed by atoms with van der Waals surface area (Å²) in [5.41, 5.74) is -0.857. The Morgan fingerprint density at radius 1 is 1.27 bits per heavy atom. The molecule has 144 valence electrons. The molecule has 0 bridgehead atoms. The number of rotatable bonds is 7. The average Bonchev–Trinajstić information content (AvgIpc) is 3.08. The van der Waals surface area contributed by atoms with Crippen molar-refractivity contribution in [3.63, 3.8) is 0 Å². The zero-order chi connectivity index (χ0) is 19.3. The molecule has 26 heavy (non-hydrogen) atoms. The first-order chi connectivity index (χ1) is 12.2. The Morgan fingerprint density at radius 3 is 2.50 bits per heavy atom. The minimum atomic E-state index is -4.52. The molecule has 2 rings (SSSR count). The van der Waals surface area contributed by atoms with E-state index in [-0.39, 0.29) is 30.5 Å². The highest BCUT2D eigenvalue weighted by Gasteiger charge is 2.35. The Bertz CT molecular complexity index is 648. The normalized spacial score (nSPS) is 21.2. The van der Waals surface area contributed by atoms with Gasteiger partial charge in [-0.15, -0.1) is 0 Å². The van der Waals surface area contributed by atoms with Crippen molar-refractivity contribution in [1.29, 1.82) is 0 Å². The van der Waals surface area contributed by atoms with Gasteiger partial charge in [-0.3, -0.25) is 9.59 Å². The van der Waals surface area contributed by atoms with Crippen LogP contribution in [0, 0.1) is 11.8 Å². The van der Waals surface area contributed by atoms with Gasteiger partial charge in [0, 0.05) is 5.92 Å². The largest absolute Gasteiger partial charge is 0.488 e. The minimum Gasteiger partial charge on any atom is -0.488 e. The summed E-state index contributed by atoms with van der Waals surface area (Å²) in [6, 6.07) is 4.95. The molecule has 0 heterocycles. The van der Waals surface area contributed by atoms with Gasteiger partial charge in [-0.1, -0.05) is 19.1 Å². The molecule has 1 aliphatic rings. The van der Waals surface area contributed by atoms with Crippen molar-refractivity contribution in [2.75, 3.05) is 6.54 Å². The molecule has 0 spiro atoms. The number of carboxylic acid groups (broad SMARTS) is 1. The summed E-state index contributed by atoms with van der Waals surface area (Å²) < 4.78 is 44.5. The van der Waals surface area contributed by atoms with E-state index >= 15 is 0 Å². The zero-order valence-electron chi connectivity index (χ0n) is 14.4. The van der Waals surface area contributed by atoms with Gasteiger partial charge in [0.1, 0.15) is 11.9 Å². The van der Waals surface area contributed by atoms with Gasteiger partial charge in [-0.2, -0.15) is 13.2 Å². The van der Waals surface area contributed by atoms with E-state index in [1.54, 1.807) is 6.92 Å². The van der Waals surface area contributed by atoms with Crippen molar-refractivity contribution in [1.82, 2.24) is 5.32 Å². The van der Waals surface area contributed by atoms with Crippen molar-refractivity contribution < 1.29 is 32.6 Å².